The number of hydrogen-bond donors (Lipinski definition) is 1. The topological polar surface area (TPSA) is 35.2 Å². The second-order valence-corrected chi connectivity index (χ2v) is 6.13. The largest absolute Gasteiger partial charge is 0.494 e. The fourth-order valence-corrected chi connectivity index (χ4v) is 3.23. The van der Waals surface area contributed by atoms with Gasteiger partial charge in [0, 0.05) is 5.54 Å². The van der Waals surface area contributed by atoms with Gasteiger partial charge in [0.2, 0.25) is 0 Å². The van der Waals surface area contributed by atoms with Crippen molar-refractivity contribution in [1.82, 2.24) is 0 Å². The molecule has 0 heterocycles. The lowest BCUT2D eigenvalue weighted by Gasteiger charge is -2.42. The number of methoxy groups -OCH3 is 1. The molecule has 106 valence electrons. The SMILES string of the molecule is COc1cccc(CC2(N)CC(C)CCC2C)c1F. The van der Waals surface area contributed by atoms with Crippen LogP contribution in [0.25, 0.3) is 0 Å². The normalized spacial score (nSPS) is 31.2. The van der Waals surface area contributed by atoms with E-state index in [-0.39, 0.29) is 11.4 Å². The molecule has 0 amide bonds. The molecule has 1 aromatic carbocycles. The highest BCUT2D eigenvalue weighted by molar-refractivity contribution is 5.32. The first-order valence-electron chi connectivity index (χ1n) is 7.06. The van der Waals surface area contributed by atoms with Crippen LogP contribution in [-0.2, 0) is 6.42 Å². The molecule has 1 aliphatic carbocycles. The number of ether oxygens (including phenoxy) is 1. The molecule has 0 spiro atoms. The highest BCUT2D eigenvalue weighted by Gasteiger charge is 2.37. The van der Waals surface area contributed by atoms with Gasteiger partial charge < -0.3 is 10.5 Å². The van der Waals surface area contributed by atoms with Crippen LogP contribution in [0, 0.1) is 17.7 Å². The highest BCUT2D eigenvalue weighted by Crippen LogP contribution is 2.38. The molecule has 19 heavy (non-hydrogen) atoms. The Morgan fingerprint density at radius 1 is 1.37 bits per heavy atom. The van der Waals surface area contributed by atoms with Gasteiger partial charge in [-0.3, -0.25) is 0 Å². The van der Waals surface area contributed by atoms with E-state index in [4.69, 9.17) is 10.5 Å². The van der Waals surface area contributed by atoms with E-state index in [1.165, 1.54) is 13.5 Å². The minimum atomic E-state index is -0.301. The summed E-state index contributed by atoms with van der Waals surface area (Å²) in [6.07, 6.45) is 3.90. The highest BCUT2D eigenvalue weighted by atomic mass is 19.1. The van der Waals surface area contributed by atoms with Crippen molar-refractivity contribution in [2.45, 2.75) is 45.1 Å². The van der Waals surface area contributed by atoms with E-state index >= 15 is 0 Å². The van der Waals surface area contributed by atoms with Crippen LogP contribution in [0.5, 0.6) is 5.75 Å². The van der Waals surface area contributed by atoms with Crippen LogP contribution in [0.2, 0.25) is 0 Å². The Hall–Kier alpha value is -1.09. The third-order valence-corrected chi connectivity index (χ3v) is 4.59. The maximum atomic E-state index is 14.2. The maximum Gasteiger partial charge on any atom is 0.168 e. The van der Waals surface area contributed by atoms with Crippen LogP contribution in [0.1, 0.15) is 38.7 Å². The zero-order valence-electron chi connectivity index (χ0n) is 12.1. The fraction of sp³-hybridized carbons (Fsp3) is 0.625. The third-order valence-electron chi connectivity index (χ3n) is 4.59. The van der Waals surface area contributed by atoms with Gasteiger partial charge >= 0.3 is 0 Å². The van der Waals surface area contributed by atoms with E-state index in [0.29, 0.717) is 29.6 Å². The Labute approximate surface area is 115 Å². The number of hydrogen-bond acceptors (Lipinski definition) is 2. The molecule has 1 saturated carbocycles. The number of halogens is 1. The van der Waals surface area contributed by atoms with E-state index in [9.17, 15) is 4.39 Å². The molecular weight excluding hydrogens is 241 g/mol. The molecule has 2 nitrogen and oxygen atoms in total. The molecule has 1 aromatic rings. The molecule has 0 saturated heterocycles. The fourth-order valence-electron chi connectivity index (χ4n) is 3.23. The molecule has 0 bridgehead atoms. The Morgan fingerprint density at radius 2 is 2.11 bits per heavy atom. The average molecular weight is 265 g/mol. The second kappa shape index (κ2) is 5.49. The molecule has 3 heteroatoms. The monoisotopic (exact) mass is 265 g/mol. The van der Waals surface area contributed by atoms with Crippen molar-refractivity contribution >= 4 is 0 Å². The molecule has 2 N–H and O–H groups in total. The van der Waals surface area contributed by atoms with Gasteiger partial charge in [-0.05, 0) is 42.7 Å². The average Bonchev–Trinajstić information content (AvgIpc) is 2.37. The second-order valence-electron chi connectivity index (χ2n) is 6.13. The lowest BCUT2D eigenvalue weighted by molar-refractivity contribution is 0.159. The Balaban J connectivity index is 2.24. The summed E-state index contributed by atoms with van der Waals surface area (Å²) in [5.41, 5.74) is 6.95. The molecule has 1 aliphatic rings. The van der Waals surface area contributed by atoms with Crippen LogP contribution in [0.15, 0.2) is 18.2 Å². The minimum Gasteiger partial charge on any atom is -0.494 e. The van der Waals surface area contributed by atoms with Crippen molar-refractivity contribution in [3.8, 4) is 5.75 Å². The predicted molar refractivity (Wildman–Crippen MR) is 75.8 cm³/mol. The van der Waals surface area contributed by atoms with Gasteiger partial charge in [0.15, 0.2) is 11.6 Å². The van der Waals surface area contributed by atoms with Gasteiger partial charge in [-0.15, -0.1) is 0 Å². The van der Waals surface area contributed by atoms with Gasteiger partial charge in [0.1, 0.15) is 0 Å². The van der Waals surface area contributed by atoms with Gasteiger partial charge in [-0.1, -0.05) is 32.4 Å². The Morgan fingerprint density at radius 3 is 2.79 bits per heavy atom. The minimum absolute atomic E-state index is 0.264. The van der Waals surface area contributed by atoms with Gasteiger partial charge in [-0.2, -0.15) is 0 Å². The number of nitrogens with two attached hydrogens (primary N) is 1. The van der Waals surface area contributed by atoms with Gasteiger partial charge in [0.25, 0.3) is 0 Å². The molecule has 3 unspecified atom stereocenters. The summed E-state index contributed by atoms with van der Waals surface area (Å²) in [7, 11) is 1.49. The molecule has 0 radical (unpaired) electrons. The summed E-state index contributed by atoms with van der Waals surface area (Å²) >= 11 is 0. The van der Waals surface area contributed by atoms with Crippen molar-refractivity contribution in [2.75, 3.05) is 7.11 Å². The number of rotatable bonds is 3. The van der Waals surface area contributed by atoms with Crippen LogP contribution in [-0.4, -0.2) is 12.6 Å². The Kier molecular flexibility index (Phi) is 4.14. The number of benzene rings is 1. The molecule has 3 atom stereocenters. The maximum absolute atomic E-state index is 14.2. The molecule has 0 aromatic heterocycles. The summed E-state index contributed by atoms with van der Waals surface area (Å²) in [5.74, 6) is 1.09. The van der Waals surface area contributed by atoms with E-state index in [1.54, 1.807) is 6.07 Å². The predicted octanol–water partition coefficient (Wildman–Crippen LogP) is 3.53. The lowest BCUT2D eigenvalue weighted by Crippen LogP contribution is -2.51. The van der Waals surface area contributed by atoms with Crippen LogP contribution < -0.4 is 10.5 Å². The first-order valence-corrected chi connectivity index (χ1v) is 7.06. The van der Waals surface area contributed by atoms with Crippen molar-refractivity contribution in [2.24, 2.45) is 17.6 Å². The molecule has 0 aliphatic heterocycles. The Bertz CT molecular complexity index is 448. The molecule has 2 rings (SSSR count). The first kappa shape index (κ1) is 14.3. The van der Waals surface area contributed by atoms with Gasteiger partial charge in [-0.25, -0.2) is 4.39 Å². The van der Waals surface area contributed by atoms with Crippen LogP contribution in [0.3, 0.4) is 0 Å². The summed E-state index contributed by atoms with van der Waals surface area (Å²) in [6.45, 7) is 4.42. The molecular formula is C16H24FNO. The quantitative estimate of drug-likeness (QED) is 0.907. The van der Waals surface area contributed by atoms with E-state index in [2.05, 4.69) is 13.8 Å². The van der Waals surface area contributed by atoms with Crippen LogP contribution >= 0.6 is 0 Å². The smallest absolute Gasteiger partial charge is 0.168 e. The van der Waals surface area contributed by atoms with Crippen LogP contribution in [0.4, 0.5) is 4.39 Å². The zero-order valence-corrected chi connectivity index (χ0v) is 12.1. The summed E-state index contributed by atoms with van der Waals surface area (Å²) in [6, 6.07) is 5.30. The third kappa shape index (κ3) is 2.92. The van der Waals surface area contributed by atoms with Crippen molar-refractivity contribution in [3.63, 3.8) is 0 Å². The summed E-state index contributed by atoms with van der Waals surface area (Å²) in [5, 5.41) is 0. The first-order chi connectivity index (χ1) is 8.96. The van der Waals surface area contributed by atoms with E-state index < -0.39 is 0 Å². The van der Waals surface area contributed by atoms with E-state index in [1.807, 2.05) is 12.1 Å². The van der Waals surface area contributed by atoms with Crippen molar-refractivity contribution in [3.05, 3.63) is 29.6 Å². The summed E-state index contributed by atoms with van der Waals surface area (Å²) < 4.78 is 19.3. The van der Waals surface area contributed by atoms with Gasteiger partial charge in [0.05, 0.1) is 7.11 Å². The van der Waals surface area contributed by atoms with E-state index in [0.717, 1.165) is 12.8 Å². The van der Waals surface area contributed by atoms with Crippen molar-refractivity contribution in [1.29, 1.82) is 0 Å². The summed E-state index contributed by atoms with van der Waals surface area (Å²) in [4.78, 5) is 0. The lowest BCUT2D eigenvalue weighted by atomic mass is 9.68. The standard InChI is InChI=1S/C16H24FNO/c1-11-7-8-12(2)16(18,9-11)10-13-5-4-6-14(19-3)15(13)17/h4-6,11-12H,7-10,18H2,1-3H3. The molecule has 1 fully saturated rings. The van der Waals surface area contributed by atoms with Crippen molar-refractivity contribution < 1.29 is 9.13 Å². The zero-order chi connectivity index (χ0) is 14.0.